The highest BCUT2D eigenvalue weighted by molar-refractivity contribution is 5.82. The average molecular weight is 288 g/mol. The van der Waals surface area contributed by atoms with Crippen molar-refractivity contribution < 1.29 is 9.53 Å². The zero-order valence-electron chi connectivity index (χ0n) is 12.8. The van der Waals surface area contributed by atoms with Gasteiger partial charge in [-0.2, -0.15) is 0 Å². The molecule has 114 valence electrons. The number of methoxy groups -OCH3 is 1. The van der Waals surface area contributed by atoms with Crippen LogP contribution in [0.5, 0.6) is 5.75 Å². The fourth-order valence-electron chi connectivity index (χ4n) is 3.55. The first-order valence-corrected chi connectivity index (χ1v) is 7.87. The lowest BCUT2D eigenvalue weighted by molar-refractivity contribution is -0.133. The number of hydrogen-bond donors (Lipinski definition) is 1. The summed E-state index contributed by atoms with van der Waals surface area (Å²) in [4.78, 5) is 14.6. The molecule has 1 aromatic carbocycles. The molecule has 3 atom stereocenters. The summed E-state index contributed by atoms with van der Waals surface area (Å²) in [5.41, 5.74) is 1.30. The molecule has 2 fully saturated rings. The van der Waals surface area contributed by atoms with Gasteiger partial charge < -0.3 is 15.0 Å². The molecular weight excluding hydrogens is 264 g/mol. The lowest BCUT2D eigenvalue weighted by Crippen LogP contribution is -2.45. The number of likely N-dealkylation sites (tertiary alicyclic amines) is 1. The maximum absolute atomic E-state index is 12.6. The van der Waals surface area contributed by atoms with Gasteiger partial charge in [0.15, 0.2) is 0 Å². The summed E-state index contributed by atoms with van der Waals surface area (Å²) in [6, 6.07) is 8.62. The number of hydrogen-bond acceptors (Lipinski definition) is 3. The molecule has 3 rings (SSSR count). The molecule has 4 nitrogen and oxygen atoms in total. The second-order valence-electron chi connectivity index (χ2n) is 6.19. The van der Waals surface area contributed by atoms with Crippen molar-refractivity contribution in [3.8, 4) is 5.75 Å². The molecule has 1 N–H and O–H groups in total. The van der Waals surface area contributed by atoms with E-state index >= 15 is 0 Å². The topological polar surface area (TPSA) is 41.6 Å². The van der Waals surface area contributed by atoms with Crippen molar-refractivity contribution in [1.82, 2.24) is 10.2 Å². The minimum atomic E-state index is 0.0436. The molecule has 0 saturated carbocycles. The predicted molar refractivity (Wildman–Crippen MR) is 82.6 cm³/mol. The van der Waals surface area contributed by atoms with Crippen molar-refractivity contribution in [1.29, 1.82) is 0 Å². The van der Waals surface area contributed by atoms with Crippen LogP contribution in [0.15, 0.2) is 24.3 Å². The van der Waals surface area contributed by atoms with Crippen LogP contribution < -0.4 is 10.1 Å². The minimum Gasteiger partial charge on any atom is -0.497 e. The molecule has 0 unspecified atom stereocenters. The normalized spacial score (nSPS) is 28.9. The largest absolute Gasteiger partial charge is 0.497 e. The standard InChI is InChI=1S/C17H24N2O2/c1-12-10-14(13-5-7-15(21-2)8-6-13)11-19(12)17(20)16-4-3-9-18-16/h5-8,12,14,16,18H,3-4,9-11H2,1-2H3/t12-,14-,16-/m0/s1. The first kappa shape index (κ1) is 14.4. The summed E-state index contributed by atoms with van der Waals surface area (Å²) >= 11 is 0. The molecule has 4 heteroatoms. The molecule has 2 heterocycles. The highest BCUT2D eigenvalue weighted by atomic mass is 16.5. The first-order valence-electron chi connectivity index (χ1n) is 7.87. The summed E-state index contributed by atoms with van der Waals surface area (Å²) in [5.74, 6) is 1.61. The van der Waals surface area contributed by atoms with E-state index in [0.29, 0.717) is 12.0 Å². The maximum atomic E-state index is 12.6. The van der Waals surface area contributed by atoms with Gasteiger partial charge in [-0.3, -0.25) is 4.79 Å². The van der Waals surface area contributed by atoms with E-state index in [9.17, 15) is 4.79 Å². The van der Waals surface area contributed by atoms with Crippen LogP contribution in [0.25, 0.3) is 0 Å². The number of ether oxygens (including phenoxy) is 1. The highest BCUT2D eigenvalue weighted by Crippen LogP contribution is 2.33. The summed E-state index contributed by atoms with van der Waals surface area (Å²) < 4.78 is 5.21. The zero-order chi connectivity index (χ0) is 14.8. The second kappa shape index (κ2) is 6.06. The molecule has 2 aliphatic heterocycles. The third-order valence-electron chi connectivity index (χ3n) is 4.80. The molecule has 0 radical (unpaired) electrons. The van der Waals surface area contributed by atoms with Gasteiger partial charge in [0.2, 0.25) is 5.91 Å². The monoisotopic (exact) mass is 288 g/mol. The van der Waals surface area contributed by atoms with Gasteiger partial charge in [0.25, 0.3) is 0 Å². The molecule has 1 amide bonds. The molecular formula is C17H24N2O2. The molecule has 0 aromatic heterocycles. The number of nitrogens with one attached hydrogen (secondary N) is 1. The van der Waals surface area contributed by atoms with Crippen LogP contribution in [0.2, 0.25) is 0 Å². The zero-order valence-corrected chi connectivity index (χ0v) is 12.8. The number of carbonyl (C=O) groups excluding carboxylic acids is 1. The summed E-state index contributed by atoms with van der Waals surface area (Å²) in [5, 5.41) is 3.32. The number of amides is 1. The van der Waals surface area contributed by atoms with Gasteiger partial charge in [0.1, 0.15) is 5.75 Å². The van der Waals surface area contributed by atoms with Gasteiger partial charge in [-0.1, -0.05) is 12.1 Å². The van der Waals surface area contributed by atoms with Gasteiger partial charge in [-0.25, -0.2) is 0 Å². The van der Waals surface area contributed by atoms with E-state index in [1.807, 2.05) is 12.1 Å². The number of carbonyl (C=O) groups is 1. The molecule has 21 heavy (non-hydrogen) atoms. The fraction of sp³-hybridized carbons (Fsp3) is 0.588. The van der Waals surface area contributed by atoms with Crippen molar-refractivity contribution in [2.75, 3.05) is 20.2 Å². The predicted octanol–water partition coefficient (Wildman–Crippen LogP) is 2.15. The van der Waals surface area contributed by atoms with E-state index in [0.717, 1.165) is 38.1 Å². The Hall–Kier alpha value is -1.55. The summed E-state index contributed by atoms with van der Waals surface area (Å²) in [7, 11) is 1.68. The molecule has 0 bridgehead atoms. The van der Waals surface area contributed by atoms with E-state index < -0.39 is 0 Å². The van der Waals surface area contributed by atoms with E-state index in [4.69, 9.17) is 4.74 Å². The Morgan fingerprint density at radius 1 is 1.33 bits per heavy atom. The molecule has 2 saturated heterocycles. The Balaban J connectivity index is 1.68. The highest BCUT2D eigenvalue weighted by Gasteiger charge is 2.36. The molecule has 2 aliphatic rings. The van der Waals surface area contributed by atoms with Crippen LogP contribution in [-0.4, -0.2) is 43.1 Å². The minimum absolute atomic E-state index is 0.0436. The van der Waals surface area contributed by atoms with Crippen LogP contribution >= 0.6 is 0 Å². The maximum Gasteiger partial charge on any atom is 0.239 e. The Bertz CT molecular complexity index is 494. The lowest BCUT2D eigenvalue weighted by Gasteiger charge is -2.25. The van der Waals surface area contributed by atoms with Gasteiger partial charge in [-0.15, -0.1) is 0 Å². The first-order chi connectivity index (χ1) is 10.2. The van der Waals surface area contributed by atoms with Crippen LogP contribution in [0.4, 0.5) is 0 Å². The smallest absolute Gasteiger partial charge is 0.239 e. The van der Waals surface area contributed by atoms with E-state index in [-0.39, 0.29) is 11.9 Å². The Morgan fingerprint density at radius 3 is 2.71 bits per heavy atom. The average Bonchev–Trinajstić information content (AvgIpc) is 3.16. The molecule has 0 spiro atoms. The van der Waals surface area contributed by atoms with Crippen LogP contribution in [0.3, 0.4) is 0 Å². The SMILES string of the molecule is COc1ccc([C@H]2C[C@H](C)N(C(=O)[C@@H]3CCCN3)C2)cc1. The third-order valence-corrected chi connectivity index (χ3v) is 4.80. The van der Waals surface area contributed by atoms with E-state index in [1.54, 1.807) is 7.11 Å². The second-order valence-corrected chi connectivity index (χ2v) is 6.19. The number of nitrogens with zero attached hydrogens (tertiary/aromatic N) is 1. The van der Waals surface area contributed by atoms with Crippen molar-refractivity contribution >= 4 is 5.91 Å². The van der Waals surface area contributed by atoms with Crippen LogP contribution in [0.1, 0.15) is 37.7 Å². The lowest BCUT2D eigenvalue weighted by atomic mass is 9.97. The Kier molecular flexibility index (Phi) is 4.15. The van der Waals surface area contributed by atoms with Crippen molar-refractivity contribution in [3.63, 3.8) is 0 Å². The van der Waals surface area contributed by atoms with Crippen molar-refractivity contribution in [2.45, 2.75) is 44.2 Å². The summed E-state index contributed by atoms with van der Waals surface area (Å²) in [6.45, 7) is 3.97. The Labute approximate surface area is 126 Å². The molecule has 1 aromatic rings. The number of rotatable bonds is 3. The quantitative estimate of drug-likeness (QED) is 0.926. The third kappa shape index (κ3) is 2.91. The van der Waals surface area contributed by atoms with Gasteiger partial charge in [-0.05, 0) is 50.4 Å². The molecule has 0 aliphatic carbocycles. The Morgan fingerprint density at radius 2 is 2.10 bits per heavy atom. The van der Waals surface area contributed by atoms with E-state index in [1.165, 1.54) is 5.56 Å². The summed E-state index contributed by atoms with van der Waals surface area (Å²) in [6.07, 6.45) is 3.14. The number of benzene rings is 1. The van der Waals surface area contributed by atoms with Gasteiger partial charge in [0.05, 0.1) is 13.2 Å². The van der Waals surface area contributed by atoms with Crippen LogP contribution in [-0.2, 0) is 4.79 Å². The van der Waals surface area contributed by atoms with Crippen molar-refractivity contribution in [3.05, 3.63) is 29.8 Å². The van der Waals surface area contributed by atoms with E-state index in [2.05, 4.69) is 29.3 Å². The van der Waals surface area contributed by atoms with Gasteiger partial charge in [0, 0.05) is 18.5 Å². The fourth-order valence-corrected chi connectivity index (χ4v) is 3.55. The van der Waals surface area contributed by atoms with Crippen LogP contribution in [0, 0.1) is 0 Å². The van der Waals surface area contributed by atoms with Crippen molar-refractivity contribution in [2.24, 2.45) is 0 Å². The van der Waals surface area contributed by atoms with Gasteiger partial charge >= 0.3 is 0 Å².